The van der Waals surface area contributed by atoms with Crippen LogP contribution in [0.5, 0.6) is 0 Å². The zero-order valence-corrected chi connectivity index (χ0v) is 15.2. The van der Waals surface area contributed by atoms with Gasteiger partial charge in [0, 0.05) is 31.3 Å². The highest BCUT2D eigenvalue weighted by Gasteiger charge is 2.30. The Balaban J connectivity index is 1.53. The second kappa shape index (κ2) is 6.41. The summed E-state index contributed by atoms with van der Waals surface area (Å²) in [6.07, 6.45) is 1.87. The molecule has 1 aliphatic rings. The van der Waals surface area contributed by atoms with Crippen LogP contribution in [0, 0.1) is 5.92 Å². The van der Waals surface area contributed by atoms with Crippen molar-refractivity contribution in [1.82, 2.24) is 15.2 Å². The number of anilines is 3. The maximum atomic E-state index is 12.5. The SMILES string of the molecule is CN(C)c1cccc(C(=O)Nc2n[nH]c3nc(NC(=O)C4CC4)sc23)c1. The highest BCUT2D eigenvalue weighted by Crippen LogP contribution is 2.34. The van der Waals surface area contributed by atoms with E-state index in [-0.39, 0.29) is 17.7 Å². The predicted molar refractivity (Wildman–Crippen MR) is 102 cm³/mol. The largest absolute Gasteiger partial charge is 0.378 e. The topological polar surface area (TPSA) is 103 Å². The van der Waals surface area contributed by atoms with Crippen molar-refractivity contribution in [3.63, 3.8) is 0 Å². The van der Waals surface area contributed by atoms with E-state index in [1.54, 1.807) is 6.07 Å². The molecule has 0 spiro atoms. The van der Waals surface area contributed by atoms with Gasteiger partial charge in [0.1, 0.15) is 4.70 Å². The van der Waals surface area contributed by atoms with Gasteiger partial charge in [0.05, 0.1) is 0 Å². The predicted octanol–water partition coefficient (Wildman–Crippen LogP) is 2.69. The number of hydrogen-bond donors (Lipinski definition) is 3. The van der Waals surface area contributed by atoms with Crippen molar-refractivity contribution in [3.8, 4) is 0 Å². The molecule has 2 aromatic heterocycles. The molecule has 1 aliphatic carbocycles. The number of rotatable bonds is 5. The molecule has 1 fully saturated rings. The molecule has 26 heavy (non-hydrogen) atoms. The Labute approximate surface area is 153 Å². The molecule has 8 nitrogen and oxygen atoms in total. The molecular formula is C17H18N6O2S. The van der Waals surface area contributed by atoms with Gasteiger partial charge in [0.25, 0.3) is 5.91 Å². The van der Waals surface area contributed by atoms with E-state index < -0.39 is 0 Å². The van der Waals surface area contributed by atoms with Crippen LogP contribution >= 0.6 is 11.3 Å². The fourth-order valence-electron chi connectivity index (χ4n) is 2.51. The number of aromatic nitrogens is 3. The number of nitrogens with zero attached hydrogens (tertiary/aromatic N) is 3. The number of carbonyl (C=O) groups excluding carboxylic acids is 2. The minimum Gasteiger partial charge on any atom is -0.378 e. The Morgan fingerprint density at radius 3 is 2.81 bits per heavy atom. The van der Waals surface area contributed by atoms with Crippen LogP contribution in [0.25, 0.3) is 10.3 Å². The number of aromatic amines is 1. The number of H-pyrrole nitrogens is 1. The maximum absolute atomic E-state index is 12.5. The third-order valence-corrected chi connectivity index (χ3v) is 5.13. The molecule has 0 bridgehead atoms. The van der Waals surface area contributed by atoms with Crippen LogP contribution in [0.3, 0.4) is 0 Å². The molecule has 4 rings (SSSR count). The lowest BCUT2D eigenvalue weighted by Gasteiger charge is -2.13. The molecule has 3 N–H and O–H groups in total. The Morgan fingerprint density at radius 1 is 1.27 bits per heavy atom. The van der Waals surface area contributed by atoms with Crippen molar-refractivity contribution >= 4 is 50.1 Å². The van der Waals surface area contributed by atoms with Gasteiger partial charge >= 0.3 is 0 Å². The van der Waals surface area contributed by atoms with E-state index in [0.717, 1.165) is 18.5 Å². The quantitative estimate of drug-likeness (QED) is 0.641. The first-order chi connectivity index (χ1) is 12.5. The second-order valence-electron chi connectivity index (χ2n) is 6.43. The number of carbonyl (C=O) groups is 2. The third-order valence-electron chi connectivity index (χ3n) is 4.15. The van der Waals surface area contributed by atoms with Gasteiger partial charge in [-0.05, 0) is 31.0 Å². The fourth-order valence-corrected chi connectivity index (χ4v) is 3.38. The van der Waals surface area contributed by atoms with E-state index in [1.165, 1.54) is 11.3 Å². The van der Waals surface area contributed by atoms with E-state index in [1.807, 2.05) is 37.2 Å². The van der Waals surface area contributed by atoms with Gasteiger partial charge < -0.3 is 15.5 Å². The summed E-state index contributed by atoms with van der Waals surface area (Å²) in [6.45, 7) is 0. The summed E-state index contributed by atoms with van der Waals surface area (Å²) in [6, 6.07) is 7.33. The molecular weight excluding hydrogens is 352 g/mol. The first kappa shape index (κ1) is 16.5. The van der Waals surface area contributed by atoms with E-state index in [4.69, 9.17) is 0 Å². The highest BCUT2D eigenvalue weighted by atomic mass is 32.1. The van der Waals surface area contributed by atoms with Crippen molar-refractivity contribution in [3.05, 3.63) is 29.8 Å². The normalized spacial score (nSPS) is 13.6. The molecule has 0 unspecified atom stereocenters. The number of hydrogen-bond acceptors (Lipinski definition) is 6. The summed E-state index contributed by atoms with van der Waals surface area (Å²) in [7, 11) is 3.84. The summed E-state index contributed by atoms with van der Waals surface area (Å²) in [4.78, 5) is 30.7. The van der Waals surface area contributed by atoms with Crippen molar-refractivity contribution < 1.29 is 9.59 Å². The maximum Gasteiger partial charge on any atom is 0.256 e. The van der Waals surface area contributed by atoms with Gasteiger partial charge in [-0.2, -0.15) is 5.10 Å². The van der Waals surface area contributed by atoms with Crippen LogP contribution in [0.15, 0.2) is 24.3 Å². The zero-order valence-electron chi connectivity index (χ0n) is 14.4. The van der Waals surface area contributed by atoms with Crippen LogP contribution in [-0.4, -0.2) is 41.1 Å². The lowest BCUT2D eigenvalue weighted by atomic mass is 10.2. The molecule has 2 amide bonds. The molecule has 9 heteroatoms. The van der Waals surface area contributed by atoms with Crippen LogP contribution in [0.4, 0.5) is 16.6 Å². The number of thiazole rings is 1. The average Bonchev–Trinajstić information content (AvgIpc) is 3.31. The van der Waals surface area contributed by atoms with Gasteiger partial charge in [-0.25, -0.2) is 4.98 Å². The van der Waals surface area contributed by atoms with Crippen LogP contribution < -0.4 is 15.5 Å². The Bertz CT molecular complexity index is 988. The fraction of sp³-hybridized carbons (Fsp3) is 0.294. The van der Waals surface area contributed by atoms with Gasteiger partial charge in [-0.1, -0.05) is 17.4 Å². The smallest absolute Gasteiger partial charge is 0.256 e. The van der Waals surface area contributed by atoms with Gasteiger partial charge in [0.2, 0.25) is 5.91 Å². The molecule has 0 atom stereocenters. The second-order valence-corrected chi connectivity index (χ2v) is 7.43. The number of fused-ring (bicyclic) bond motifs is 1. The van der Waals surface area contributed by atoms with E-state index in [2.05, 4.69) is 25.8 Å². The zero-order chi connectivity index (χ0) is 18.3. The summed E-state index contributed by atoms with van der Waals surface area (Å²) in [5.74, 6) is 0.266. The molecule has 0 aliphatic heterocycles. The van der Waals surface area contributed by atoms with Crippen molar-refractivity contribution in [2.24, 2.45) is 5.92 Å². The first-order valence-electron chi connectivity index (χ1n) is 8.26. The van der Waals surface area contributed by atoms with Crippen molar-refractivity contribution in [1.29, 1.82) is 0 Å². The highest BCUT2D eigenvalue weighted by molar-refractivity contribution is 7.22. The molecule has 134 valence electrons. The van der Waals surface area contributed by atoms with E-state index in [9.17, 15) is 9.59 Å². The molecule has 3 aromatic rings. The lowest BCUT2D eigenvalue weighted by molar-refractivity contribution is -0.117. The average molecular weight is 370 g/mol. The minimum absolute atomic E-state index is 0.000415. The Morgan fingerprint density at radius 2 is 2.08 bits per heavy atom. The van der Waals surface area contributed by atoms with Gasteiger partial charge in [0.15, 0.2) is 16.6 Å². The van der Waals surface area contributed by atoms with E-state index in [0.29, 0.717) is 26.9 Å². The molecule has 2 heterocycles. The van der Waals surface area contributed by atoms with Crippen molar-refractivity contribution in [2.75, 3.05) is 29.6 Å². The summed E-state index contributed by atoms with van der Waals surface area (Å²) in [5.41, 5.74) is 2.02. The Hall–Kier alpha value is -2.94. The van der Waals surface area contributed by atoms with Crippen LogP contribution in [0.1, 0.15) is 23.2 Å². The summed E-state index contributed by atoms with van der Waals surface area (Å²) in [5, 5.41) is 13.0. The number of amides is 2. The van der Waals surface area contributed by atoms with Crippen LogP contribution in [0.2, 0.25) is 0 Å². The molecule has 1 aromatic carbocycles. The number of benzene rings is 1. The molecule has 1 saturated carbocycles. The summed E-state index contributed by atoms with van der Waals surface area (Å²) < 4.78 is 0.702. The Kier molecular flexibility index (Phi) is 4.08. The minimum atomic E-state index is -0.251. The standard InChI is InChI=1S/C17H18N6O2S/c1-23(2)11-5-3-4-10(8-11)16(25)18-13-12-14(22-21-13)19-17(26-12)20-15(24)9-6-7-9/h3-5,8-9H,6-7H2,1-2H3,(H3,18,19,20,21,22,24,25). The van der Waals surface area contributed by atoms with E-state index >= 15 is 0 Å². The lowest BCUT2D eigenvalue weighted by Crippen LogP contribution is -2.14. The first-order valence-corrected chi connectivity index (χ1v) is 9.07. The summed E-state index contributed by atoms with van der Waals surface area (Å²) >= 11 is 1.29. The monoisotopic (exact) mass is 370 g/mol. The molecule has 0 saturated heterocycles. The van der Waals surface area contributed by atoms with Crippen LogP contribution in [-0.2, 0) is 4.79 Å². The van der Waals surface area contributed by atoms with Gasteiger partial charge in [-0.3, -0.25) is 14.7 Å². The molecule has 0 radical (unpaired) electrons. The number of nitrogens with one attached hydrogen (secondary N) is 3. The van der Waals surface area contributed by atoms with Crippen molar-refractivity contribution in [2.45, 2.75) is 12.8 Å². The van der Waals surface area contributed by atoms with Gasteiger partial charge in [-0.15, -0.1) is 0 Å². The third kappa shape index (κ3) is 3.25.